The van der Waals surface area contributed by atoms with Crippen molar-refractivity contribution in [1.82, 2.24) is 24.4 Å². The third kappa shape index (κ3) is 3.36. The molecule has 1 aromatic carbocycles. The Morgan fingerprint density at radius 2 is 1.84 bits per heavy atom. The molecular weight excluding hydrogens is 390 g/mol. The van der Waals surface area contributed by atoms with E-state index in [4.69, 9.17) is 9.62 Å². The fourth-order valence-electron chi connectivity index (χ4n) is 4.34. The van der Waals surface area contributed by atoms with E-state index in [0.29, 0.717) is 25.9 Å². The average Bonchev–Trinajstić information content (AvgIpc) is 3.52. The van der Waals surface area contributed by atoms with Crippen LogP contribution in [-0.4, -0.2) is 30.3 Å². The molecule has 0 bridgehead atoms. The van der Waals surface area contributed by atoms with Crippen molar-refractivity contribution in [3.8, 4) is 11.5 Å². The molecule has 3 aromatic heterocycles. The fourth-order valence-corrected chi connectivity index (χ4v) is 4.34. The molecule has 4 heterocycles. The van der Waals surface area contributed by atoms with Crippen molar-refractivity contribution < 1.29 is 9.32 Å². The summed E-state index contributed by atoms with van der Waals surface area (Å²) in [6, 6.07) is 12.2. The van der Waals surface area contributed by atoms with Crippen molar-refractivity contribution in [3.05, 3.63) is 82.6 Å². The number of carbonyl (C=O) groups excluding carboxylic acids is 1. The smallest absolute Gasteiger partial charge is 0.223 e. The zero-order valence-corrected chi connectivity index (χ0v) is 18.0. The van der Waals surface area contributed by atoms with Crippen molar-refractivity contribution >= 4 is 5.91 Å². The summed E-state index contributed by atoms with van der Waals surface area (Å²) in [5, 5.41) is 8.91. The van der Waals surface area contributed by atoms with Gasteiger partial charge in [-0.3, -0.25) is 4.79 Å². The van der Waals surface area contributed by atoms with Gasteiger partial charge in [-0.1, -0.05) is 23.4 Å². The van der Waals surface area contributed by atoms with Crippen LogP contribution in [0.25, 0.3) is 11.5 Å². The van der Waals surface area contributed by atoms with Gasteiger partial charge in [0.2, 0.25) is 5.91 Å². The van der Waals surface area contributed by atoms with Crippen molar-refractivity contribution in [2.45, 2.75) is 46.7 Å². The first-order valence-electron chi connectivity index (χ1n) is 10.5. The largest absolute Gasteiger partial charge is 0.361 e. The summed E-state index contributed by atoms with van der Waals surface area (Å²) in [5.74, 6) is 1.91. The SMILES string of the molecule is Cc1ccccc1-n1nc2c(c1-n1cccc1)CN(C(=O)CCc1c(C)noc1C)C2. The summed E-state index contributed by atoms with van der Waals surface area (Å²) in [4.78, 5) is 14.9. The van der Waals surface area contributed by atoms with Crippen LogP contribution in [0.2, 0.25) is 0 Å². The number of hydrogen-bond donors (Lipinski definition) is 0. The van der Waals surface area contributed by atoms with Crippen molar-refractivity contribution in [2.24, 2.45) is 0 Å². The van der Waals surface area contributed by atoms with E-state index in [0.717, 1.165) is 45.3 Å². The van der Waals surface area contributed by atoms with Crippen LogP contribution in [-0.2, 0) is 24.3 Å². The molecule has 0 fully saturated rings. The van der Waals surface area contributed by atoms with Gasteiger partial charge in [-0.15, -0.1) is 0 Å². The average molecular weight is 415 g/mol. The normalized spacial score (nSPS) is 13.1. The Balaban J connectivity index is 1.42. The quantitative estimate of drug-likeness (QED) is 0.493. The molecular formula is C24H25N5O2. The zero-order valence-electron chi connectivity index (χ0n) is 18.0. The molecule has 0 radical (unpaired) electrons. The van der Waals surface area contributed by atoms with Gasteiger partial charge < -0.3 is 14.0 Å². The Kier molecular flexibility index (Phi) is 4.73. The molecule has 0 saturated heterocycles. The minimum atomic E-state index is 0.124. The second kappa shape index (κ2) is 7.58. The molecule has 1 aliphatic rings. The highest BCUT2D eigenvalue weighted by Gasteiger charge is 2.31. The third-order valence-corrected chi connectivity index (χ3v) is 6.04. The number of rotatable bonds is 5. The Bertz CT molecular complexity index is 1230. The first-order valence-corrected chi connectivity index (χ1v) is 10.5. The molecule has 4 aromatic rings. The fraction of sp³-hybridized carbons (Fsp3) is 0.292. The van der Waals surface area contributed by atoms with E-state index in [1.165, 1.54) is 0 Å². The Hall–Kier alpha value is -3.61. The lowest BCUT2D eigenvalue weighted by Crippen LogP contribution is -2.26. The molecule has 0 atom stereocenters. The summed E-state index contributed by atoms with van der Waals surface area (Å²) in [6.07, 6.45) is 5.12. The van der Waals surface area contributed by atoms with Crippen LogP contribution in [0.4, 0.5) is 0 Å². The van der Waals surface area contributed by atoms with Crippen LogP contribution in [0.3, 0.4) is 0 Å². The molecule has 31 heavy (non-hydrogen) atoms. The maximum atomic E-state index is 13.0. The van der Waals surface area contributed by atoms with Crippen LogP contribution in [0.15, 0.2) is 53.3 Å². The number of fused-ring (bicyclic) bond motifs is 1. The monoisotopic (exact) mass is 415 g/mol. The molecule has 158 valence electrons. The van der Waals surface area contributed by atoms with Gasteiger partial charge in [-0.25, -0.2) is 4.68 Å². The number of para-hydroxylation sites is 1. The van der Waals surface area contributed by atoms with Crippen LogP contribution in [0, 0.1) is 20.8 Å². The van der Waals surface area contributed by atoms with Gasteiger partial charge in [-0.05, 0) is 51.0 Å². The second-order valence-electron chi connectivity index (χ2n) is 8.09. The van der Waals surface area contributed by atoms with Gasteiger partial charge in [-0.2, -0.15) is 5.10 Å². The molecule has 0 aliphatic carbocycles. The minimum absolute atomic E-state index is 0.124. The highest BCUT2D eigenvalue weighted by atomic mass is 16.5. The predicted molar refractivity (Wildman–Crippen MR) is 116 cm³/mol. The highest BCUT2D eigenvalue weighted by molar-refractivity contribution is 5.77. The van der Waals surface area contributed by atoms with Crippen LogP contribution < -0.4 is 0 Å². The lowest BCUT2D eigenvalue weighted by molar-refractivity contribution is -0.131. The van der Waals surface area contributed by atoms with Gasteiger partial charge in [0.25, 0.3) is 0 Å². The second-order valence-corrected chi connectivity index (χ2v) is 8.09. The number of carbonyl (C=O) groups is 1. The summed E-state index contributed by atoms with van der Waals surface area (Å²) in [7, 11) is 0. The number of aryl methyl sites for hydroxylation is 3. The van der Waals surface area contributed by atoms with E-state index < -0.39 is 0 Å². The van der Waals surface area contributed by atoms with Crippen LogP contribution in [0.1, 0.15) is 40.3 Å². The first-order chi connectivity index (χ1) is 15.0. The number of benzene rings is 1. The Labute approximate surface area is 180 Å². The van der Waals surface area contributed by atoms with Gasteiger partial charge in [0.1, 0.15) is 11.6 Å². The zero-order chi connectivity index (χ0) is 21.5. The lowest BCUT2D eigenvalue weighted by atomic mass is 10.1. The van der Waals surface area contributed by atoms with E-state index in [9.17, 15) is 4.79 Å². The van der Waals surface area contributed by atoms with E-state index in [1.807, 2.05) is 60.1 Å². The van der Waals surface area contributed by atoms with Crippen LogP contribution in [0.5, 0.6) is 0 Å². The summed E-state index contributed by atoms with van der Waals surface area (Å²) < 4.78 is 9.31. The number of aromatic nitrogens is 4. The summed E-state index contributed by atoms with van der Waals surface area (Å²) in [5.41, 5.74) is 6.16. The third-order valence-electron chi connectivity index (χ3n) is 6.04. The molecule has 1 aliphatic heterocycles. The van der Waals surface area contributed by atoms with Gasteiger partial charge in [0, 0.05) is 29.9 Å². The van der Waals surface area contributed by atoms with Crippen molar-refractivity contribution in [2.75, 3.05) is 0 Å². The lowest BCUT2D eigenvalue weighted by Gasteiger charge is -2.18. The topological polar surface area (TPSA) is 69.1 Å². The van der Waals surface area contributed by atoms with Gasteiger partial charge in [0.15, 0.2) is 0 Å². The van der Waals surface area contributed by atoms with Crippen molar-refractivity contribution in [1.29, 1.82) is 0 Å². The van der Waals surface area contributed by atoms with E-state index in [-0.39, 0.29) is 5.91 Å². The Morgan fingerprint density at radius 3 is 2.55 bits per heavy atom. The standard InChI is InChI=1S/C24H25N5O2/c1-16-8-4-5-9-22(16)29-24(27-12-6-7-13-27)20-14-28(15-21(20)25-29)23(30)11-10-19-17(2)26-31-18(19)3/h4-9,12-13H,10-11,14-15H2,1-3H3. The molecule has 5 rings (SSSR count). The number of hydrogen-bond acceptors (Lipinski definition) is 4. The Morgan fingerprint density at radius 1 is 1.06 bits per heavy atom. The van der Waals surface area contributed by atoms with Gasteiger partial charge >= 0.3 is 0 Å². The highest BCUT2D eigenvalue weighted by Crippen LogP contribution is 2.31. The maximum absolute atomic E-state index is 13.0. The van der Waals surface area contributed by atoms with Crippen molar-refractivity contribution in [3.63, 3.8) is 0 Å². The van der Waals surface area contributed by atoms with Gasteiger partial charge in [0.05, 0.1) is 30.2 Å². The number of nitrogens with zero attached hydrogens (tertiary/aromatic N) is 5. The molecule has 0 saturated carbocycles. The molecule has 0 spiro atoms. The first kappa shape index (κ1) is 19.4. The summed E-state index contributed by atoms with van der Waals surface area (Å²) >= 11 is 0. The molecule has 1 amide bonds. The van der Waals surface area contributed by atoms with E-state index in [2.05, 4.69) is 28.8 Å². The molecule has 7 heteroatoms. The maximum Gasteiger partial charge on any atom is 0.223 e. The molecule has 7 nitrogen and oxygen atoms in total. The molecule has 0 N–H and O–H groups in total. The van der Waals surface area contributed by atoms with Crippen LogP contribution >= 0.6 is 0 Å². The summed E-state index contributed by atoms with van der Waals surface area (Å²) in [6.45, 7) is 6.99. The number of amides is 1. The molecule has 0 unspecified atom stereocenters. The predicted octanol–water partition coefficient (Wildman–Crippen LogP) is 4.05. The van der Waals surface area contributed by atoms with E-state index >= 15 is 0 Å². The van der Waals surface area contributed by atoms with E-state index in [1.54, 1.807) is 0 Å². The minimum Gasteiger partial charge on any atom is -0.361 e.